The molecule has 4 heteroatoms. The van der Waals surface area contributed by atoms with Crippen LogP contribution in [0.25, 0.3) is 70.4 Å². The Labute approximate surface area is 168 Å². The van der Waals surface area contributed by atoms with Crippen LogP contribution in [0.2, 0.25) is 0 Å². The second-order valence-electron chi connectivity index (χ2n) is 7.86. The van der Waals surface area contributed by atoms with E-state index >= 15 is 0 Å². The molecule has 0 radical (unpaired) electrons. The first-order chi connectivity index (χ1) is 14.3. The molecule has 0 fully saturated rings. The molecule has 0 saturated carbocycles. The number of hydrogen-bond acceptors (Lipinski definition) is 2. The van der Waals surface area contributed by atoms with E-state index in [1.807, 2.05) is 17.4 Å². The third-order valence-electron chi connectivity index (χ3n) is 6.56. The number of para-hydroxylation sites is 1. The quantitative estimate of drug-likeness (QED) is 0.266. The number of benzene rings is 3. The van der Waals surface area contributed by atoms with Gasteiger partial charge in [0.05, 0.1) is 21.3 Å². The van der Waals surface area contributed by atoms with Gasteiger partial charge < -0.3 is 13.4 Å². The molecule has 136 valence electrons. The zero-order chi connectivity index (χ0) is 18.9. The molecule has 8 aromatic rings. The van der Waals surface area contributed by atoms with E-state index in [1.54, 1.807) is 0 Å². The normalized spacial score (nSPS) is 13.0. The molecule has 0 amide bonds. The zero-order valence-electron chi connectivity index (χ0n) is 15.6. The molecule has 0 unspecified atom stereocenters. The van der Waals surface area contributed by atoms with Crippen molar-refractivity contribution in [2.75, 3.05) is 0 Å². The lowest BCUT2D eigenvalue weighted by Gasteiger charge is -2.01. The fourth-order valence-electron chi connectivity index (χ4n) is 5.39. The molecule has 0 bridgehead atoms. The smallest absolute Gasteiger partial charge is 0.161 e. The van der Waals surface area contributed by atoms with Gasteiger partial charge in [-0.25, -0.2) is 0 Å². The van der Waals surface area contributed by atoms with Gasteiger partial charge in [-0.1, -0.05) is 24.3 Å². The highest BCUT2D eigenvalue weighted by Gasteiger charge is 2.24. The minimum Gasteiger partial charge on any atom is -0.454 e. The van der Waals surface area contributed by atoms with Crippen LogP contribution in [0.1, 0.15) is 0 Å². The molecule has 0 spiro atoms. The van der Waals surface area contributed by atoms with Gasteiger partial charge in [0.25, 0.3) is 0 Å². The Bertz CT molecular complexity index is 1920. The van der Waals surface area contributed by atoms with E-state index in [0.29, 0.717) is 0 Å². The summed E-state index contributed by atoms with van der Waals surface area (Å²) in [6, 6.07) is 21.8. The fraction of sp³-hybridized carbons (Fsp3) is 0.0400. The summed E-state index contributed by atoms with van der Waals surface area (Å²) >= 11 is 1.82. The van der Waals surface area contributed by atoms with E-state index in [0.717, 1.165) is 11.2 Å². The van der Waals surface area contributed by atoms with Crippen molar-refractivity contribution < 1.29 is 4.42 Å². The number of rotatable bonds is 0. The Kier molecular flexibility index (Phi) is 2.28. The van der Waals surface area contributed by atoms with Gasteiger partial charge in [0.1, 0.15) is 11.1 Å². The Hall–Kier alpha value is -3.50. The topological polar surface area (TPSA) is 22.5 Å². The largest absolute Gasteiger partial charge is 0.454 e. The average Bonchev–Trinajstić information content (AvgIpc) is 3.48. The van der Waals surface area contributed by atoms with Crippen molar-refractivity contribution in [3.63, 3.8) is 0 Å². The van der Waals surface area contributed by atoms with E-state index in [2.05, 4.69) is 76.0 Å². The second-order valence-corrected chi connectivity index (χ2v) is 8.78. The van der Waals surface area contributed by atoms with Gasteiger partial charge in [0, 0.05) is 39.5 Å². The number of aryl methyl sites for hydroxylation is 1. The van der Waals surface area contributed by atoms with Crippen LogP contribution in [0.15, 0.2) is 70.5 Å². The number of hydrogen-bond donors (Lipinski definition) is 0. The summed E-state index contributed by atoms with van der Waals surface area (Å²) in [5.74, 6) is 0. The summed E-state index contributed by atoms with van der Waals surface area (Å²) in [5.41, 5.74) is 8.16. The van der Waals surface area contributed by atoms with E-state index in [9.17, 15) is 0 Å². The standard InChI is InChI=1S/C25H14N2OS/c1-26-16-7-4-6-14-20(16)21-17(26)10-9-15-22(21)27(18-11-12-29-25(14)18)23-13-5-2-3-8-19(13)28-24(15)23/h2-12H,1H3. The van der Waals surface area contributed by atoms with E-state index < -0.39 is 0 Å². The molecule has 0 atom stereocenters. The van der Waals surface area contributed by atoms with Gasteiger partial charge in [-0.05, 0) is 41.8 Å². The monoisotopic (exact) mass is 390 g/mol. The number of furan rings is 1. The van der Waals surface area contributed by atoms with Crippen LogP contribution < -0.4 is 0 Å². The molecule has 0 saturated heterocycles. The molecule has 0 aliphatic rings. The maximum absolute atomic E-state index is 6.40. The Morgan fingerprint density at radius 2 is 1.59 bits per heavy atom. The second kappa shape index (κ2) is 4.56. The van der Waals surface area contributed by atoms with Crippen LogP contribution in [-0.2, 0) is 7.05 Å². The van der Waals surface area contributed by atoms with E-state index in [-0.39, 0.29) is 0 Å². The lowest BCUT2D eigenvalue weighted by atomic mass is 10.1. The van der Waals surface area contributed by atoms with Crippen LogP contribution in [0.4, 0.5) is 0 Å². The Morgan fingerprint density at radius 3 is 2.55 bits per heavy atom. The van der Waals surface area contributed by atoms with Crippen molar-refractivity contribution in [2.24, 2.45) is 7.05 Å². The molecule has 0 aliphatic heterocycles. The van der Waals surface area contributed by atoms with Crippen molar-refractivity contribution >= 4 is 81.7 Å². The van der Waals surface area contributed by atoms with E-state index in [1.165, 1.54) is 59.2 Å². The predicted octanol–water partition coefficient (Wildman–Crippen LogP) is 7.29. The third kappa shape index (κ3) is 1.45. The molecule has 0 N–H and O–H groups in total. The molecule has 8 rings (SSSR count). The molecule has 5 heterocycles. The highest BCUT2D eigenvalue weighted by atomic mass is 32.1. The number of thiophene rings is 1. The molecule has 29 heavy (non-hydrogen) atoms. The number of aromatic nitrogens is 2. The summed E-state index contributed by atoms with van der Waals surface area (Å²) in [4.78, 5) is 0. The summed E-state index contributed by atoms with van der Waals surface area (Å²) in [6.07, 6.45) is 0. The summed E-state index contributed by atoms with van der Waals surface area (Å²) in [6.45, 7) is 0. The highest BCUT2D eigenvalue weighted by molar-refractivity contribution is 7.18. The average molecular weight is 390 g/mol. The first kappa shape index (κ1) is 14.5. The van der Waals surface area contributed by atoms with Crippen molar-refractivity contribution in [1.29, 1.82) is 0 Å². The number of fused-ring (bicyclic) bond motifs is 8. The third-order valence-corrected chi connectivity index (χ3v) is 7.50. The van der Waals surface area contributed by atoms with Crippen molar-refractivity contribution in [2.45, 2.75) is 0 Å². The van der Waals surface area contributed by atoms with Gasteiger partial charge in [-0.2, -0.15) is 0 Å². The first-order valence-corrected chi connectivity index (χ1v) is 10.6. The van der Waals surface area contributed by atoms with Crippen LogP contribution in [-0.4, -0.2) is 8.97 Å². The van der Waals surface area contributed by atoms with Gasteiger partial charge >= 0.3 is 0 Å². The Balaban J connectivity index is 1.92. The van der Waals surface area contributed by atoms with Crippen LogP contribution in [0.3, 0.4) is 0 Å². The van der Waals surface area contributed by atoms with Gasteiger partial charge in [0.2, 0.25) is 0 Å². The lowest BCUT2D eigenvalue weighted by Crippen LogP contribution is -1.87. The van der Waals surface area contributed by atoms with Crippen molar-refractivity contribution in [3.05, 3.63) is 66.0 Å². The first-order valence-electron chi connectivity index (χ1n) is 9.77. The highest BCUT2D eigenvalue weighted by Crippen LogP contribution is 2.46. The van der Waals surface area contributed by atoms with Gasteiger partial charge in [-0.15, -0.1) is 11.3 Å². The summed E-state index contributed by atoms with van der Waals surface area (Å²) in [5, 5.41) is 8.57. The fourth-order valence-corrected chi connectivity index (χ4v) is 6.30. The SMILES string of the molecule is Cn1c2cccc3c4sccc4n4c5c6ccccc6oc5c5ccc1c(c32)c54. The lowest BCUT2D eigenvalue weighted by molar-refractivity contribution is 0.673. The maximum Gasteiger partial charge on any atom is 0.161 e. The van der Waals surface area contributed by atoms with E-state index in [4.69, 9.17) is 4.42 Å². The van der Waals surface area contributed by atoms with Gasteiger partial charge in [0.15, 0.2) is 5.58 Å². The Morgan fingerprint density at radius 1 is 0.724 bits per heavy atom. The molecular weight excluding hydrogens is 376 g/mol. The summed E-state index contributed by atoms with van der Waals surface area (Å²) in [7, 11) is 2.17. The summed E-state index contributed by atoms with van der Waals surface area (Å²) < 4.78 is 12.5. The minimum absolute atomic E-state index is 0.944. The van der Waals surface area contributed by atoms with Crippen molar-refractivity contribution in [1.82, 2.24) is 8.97 Å². The molecule has 0 aliphatic carbocycles. The molecular formula is C25H14N2OS. The van der Waals surface area contributed by atoms with Gasteiger partial charge in [-0.3, -0.25) is 0 Å². The molecule has 3 nitrogen and oxygen atoms in total. The number of nitrogens with zero attached hydrogens (tertiary/aromatic N) is 2. The molecule has 5 aromatic heterocycles. The predicted molar refractivity (Wildman–Crippen MR) is 123 cm³/mol. The van der Waals surface area contributed by atoms with Crippen LogP contribution in [0, 0.1) is 0 Å². The zero-order valence-corrected chi connectivity index (χ0v) is 16.4. The maximum atomic E-state index is 6.40. The van der Waals surface area contributed by atoms with Crippen LogP contribution in [0.5, 0.6) is 0 Å². The van der Waals surface area contributed by atoms with Crippen molar-refractivity contribution in [3.8, 4) is 0 Å². The van der Waals surface area contributed by atoms with Crippen LogP contribution >= 0.6 is 11.3 Å². The molecule has 3 aromatic carbocycles. The minimum atomic E-state index is 0.944.